The Morgan fingerprint density at radius 3 is 2.62 bits per heavy atom. The summed E-state index contributed by atoms with van der Waals surface area (Å²) in [6.45, 7) is 3.76. The van der Waals surface area contributed by atoms with Crippen molar-refractivity contribution in [2.24, 2.45) is 0 Å². The zero-order valence-corrected chi connectivity index (χ0v) is 14.2. The largest absolute Gasteiger partial charge is 0.496 e. The average molecular weight is 353 g/mol. The van der Waals surface area contributed by atoms with Crippen molar-refractivity contribution in [2.75, 3.05) is 33.3 Å². The number of hydrogen-bond donors (Lipinski definition) is 1. The molecule has 1 saturated heterocycles. The first-order valence-electron chi connectivity index (χ1n) is 6.41. The highest BCUT2D eigenvalue weighted by Crippen LogP contribution is 2.33. The molecule has 0 saturated carbocycles. The molecule has 21 heavy (non-hydrogen) atoms. The van der Waals surface area contributed by atoms with E-state index in [9.17, 15) is 0 Å². The Kier molecular flexibility index (Phi) is 9.76. The maximum Gasteiger partial charge on any atom is 0.123 e. The van der Waals surface area contributed by atoms with E-state index in [1.165, 1.54) is 0 Å². The highest BCUT2D eigenvalue weighted by atomic mass is 35.5. The second kappa shape index (κ2) is 10.1. The topological polar surface area (TPSA) is 48.3 Å². The molecule has 1 aliphatic rings. The van der Waals surface area contributed by atoms with Gasteiger partial charge >= 0.3 is 0 Å². The number of ether oxygens (including phenoxy) is 1. The molecule has 2 rings (SSSR count). The van der Waals surface area contributed by atoms with Crippen molar-refractivity contribution in [2.45, 2.75) is 12.5 Å². The van der Waals surface area contributed by atoms with Crippen LogP contribution in [0.3, 0.4) is 0 Å². The van der Waals surface area contributed by atoms with Crippen LogP contribution in [0.2, 0.25) is 5.02 Å². The van der Waals surface area contributed by atoms with Crippen molar-refractivity contribution in [3.8, 4) is 11.8 Å². The van der Waals surface area contributed by atoms with Crippen LogP contribution >= 0.6 is 36.4 Å². The first-order valence-corrected chi connectivity index (χ1v) is 6.79. The summed E-state index contributed by atoms with van der Waals surface area (Å²) in [4.78, 5) is 2.31. The third-order valence-electron chi connectivity index (χ3n) is 3.43. The van der Waals surface area contributed by atoms with Crippen LogP contribution in [-0.2, 0) is 0 Å². The Balaban J connectivity index is 0.00000200. The fourth-order valence-corrected chi connectivity index (χ4v) is 2.66. The normalized spacial score (nSPS) is 16.0. The lowest BCUT2D eigenvalue weighted by atomic mass is 10.0. The van der Waals surface area contributed by atoms with Crippen LogP contribution < -0.4 is 10.1 Å². The van der Waals surface area contributed by atoms with Crippen molar-refractivity contribution in [3.05, 3.63) is 28.8 Å². The van der Waals surface area contributed by atoms with Gasteiger partial charge in [-0.1, -0.05) is 11.6 Å². The number of methoxy groups -OCH3 is 1. The van der Waals surface area contributed by atoms with E-state index in [4.69, 9.17) is 21.6 Å². The molecule has 0 aromatic heterocycles. The third-order valence-corrected chi connectivity index (χ3v) is 3.66. The smallest absolute Gasteiger partial charge is 0.123 e. The molecule has 1 aromatic rings. The molecule has 7 heteroatoms. The van der Waals surface area contributed by atoms with E-state index in [-0.39, 0.29) is 30.9 Å². The predicted molar refractivity (Wildman–Crippen MR) is 89.9 cm³/mol. The Hall–Kier alpha value is -0.700. The van der Waals surface area contributed by atoms with Gasteiger partial charge in [-0.15, -0.1) is 24.8 Å². The molecule has 1 atom stereocenters. The summed E-state index contributed by atoms with van der Waals surface area (Å²) in [5.74, 6) is 0.795. The zero-order valence-electron chi connectivity index (χ0n) is 11.8. The molecular weight excluding hydrogens is 333 g/mol. The minimum atomic E-state index is 0. The summed E-state index contributed by atoms with van der Waals surface area (Å²) in [5.41, 5.74) is 0.999. The summed E-state index contributed by atoms with van der Waals surface area (Å²) in [6, 6.07) is 7.90. The van der Waals surface area contributed by atoms with Crippen molar-refractivity contribution >= 4 is 36.4 Å². The summed E-state index contributed by atoms with van der Waals surface area (Å²) < 4.78 is 5.41. The lowest BCUT2D eigenvalue weighted by Gasteiger charge is -2.34. The lowest BCUT2D eigenvalue weighted by molar-refractivity contribution is 0.173. The first-order chi connectivity index (χ1) is 9.26. The fraction of sp³-hybridized carbons (Fsp3) is 0.500. The Morgan fingerprint density at radius 2 is 2.05 bits per heavy atom. The summed E-state index contributed by atoms with van der Waals surface area (Å²) >= 11 is 6.09. The van der Waals surface area contributed by atoms with E-state index in [0.29, 0.717) is 11.4 Å². The number of hydrogen-bond acceptors (Lipinski definition) is 4. The molecule has 0 unspecified atom stereocenters. The second-order valence-electron chi connectivity index (χ2n) is 4.55. The van der Waals surface area contributed by atoms with E-state index in [2.05, 4.69) is 16.3 Å². The number of rotatable bonds is 4. The van der Waals surface area contributed by atoms with Gasteiger partial charge in [0.15, 0.2) is 0 Å². The van der Waals surface area contributed by atoms with E-state index >= 15 is 0 Å². The van der Waals surface area contributed by atoms with Crippen molar-refractivity contribution < 1.29 is 4.74 Å². The van der Waals surface area contributed by atoms with E-state index in [1.807, 2.05) is 18.2 Å². The SMILES string of the molecule is COc1ccc(Cl)cc1[C@H](CC#N)N1CCNCC1.Cl.Cl. The molecule has 0 amide bonds. The number of nitriles is 1. The van der Waals surface area contributed by atoms with Gasteiger partial charge in [-0.25, -0.2) is 0 Å². The monoisotopic (exact) mass is 351 g/mol. The Morgan fingerprint density at radius 1 is 1.38 bits per heavy atom. The first kappa shape index (κ1) is 20.3. The average Bonchev–Trinajstić information content (AvgIpc) is 2.45. The van der Waals surface area contributed by atoms with Gasteiger partial charge in [0.25, 0.3) is 0 Å². The number of piperazine rings is 1. The van der Waals surface area contributed by atoms with E-state index in [0.717, 1.165) is 37.5 Å². The maximum absolute atomic E-state index is 9.10. The highest BCUT2D eigenvalue weighted by Gasteiger charge is 2.24. The predicted octanol–water partition coefficient (Wildman–Crippen LogP) is 3.05. The van der Waals surface area contributed by atoms with Crippen LogP contribution in [0.5, 0.6) is 5.75 Å². The molecule has 0 spiro atoms. The molecule has 0 bridgehead atoms. The molecular formula is C14H20Cl3N3O. The van der Waals surface area contributed by atoms with Gasteiger partial charge in [0.2, 0.25) is 0 Å². The quantitative estimate of drug-likeness (QED) is 0.905. The van der Waals surface area contributed by atoms with Crippen molar-refractivity contribution in [1.82, 2.24) is 10.2 Å². The summed E-state index contributed by atoms with van der Waals surface area (Å²) in [5, 5.41) is 13.1. The molecule has 0 radical (unpaired) electrons. The fourth-order valence-electron chi connectivity index (χ4n) is 2.48. The van der Waals surface area contributed by atoms with Crippen molar-refractivity contribution in [3.63, 3.8) is 0 Å². The minimum absolute atomic E-state index is 0. The van der Waals surface area contributed by atoms with Gasteiger partial charge < -0.3 is 10.1 Å². The molecule has 1 aliphatic heterocycles. The van der Waals surface area contributed by atoms with Crippen molar-refractivity contribution in [1.29, 1.82) is 5.26 Å². The van der Waals surface area contributed by atoms with Gasteiger partial charge in [-0.2, -0.15) is 5.26 Å². The minimum Gasteiger partial charge on any atom is -0.496 e. The molecule has 4 nitrogen and oxygen atoms in total. The van der Waals surface area contributed by atoms with Crippen LogP contribution in [0.15, 0.2) is 18.2 Å². The number of nitrogens with one attached hydrogen (secondary N) is 1. The number of halogens is 3. The van der Waals surface area contributed by atoms with Crippen LogP contribution in [0.4, 0.5) is 0 Å². The van der Waals surface area contributed by atoms with E-state index in [1.54, 1.807) is 7.11 Å². The molecule has 1 N–H and O–H groups in total. The molecule has 1 heterocycles. The van der Waals surface area contributed by atoms with Gasteiger partial charge in [0.1, 0.15) is 5.75 Å². The maximum atomic E-state index is 9.10. The molecule has 1 fully saturated rings. The van der Waals surface area contributed by atoms with Gasteiger partial charge in [-0.05, 0) is 18.2 Å². The van der Waals surface area contributed by atoms with Crippen LogP contribution in [0.1, 0.15) is 18.0 Å². The molecule has 0 aliphatic carbocycles. The third kappa shape index (κ3) is 5.21. The Bertz CT molecular complexity index is 473. The zero-order chi connectivity index (χ0) is 13.7. The standard InChI is InChI=1S/C14H18ClN3O.2ClH/c1-19-14-3-2-11(15)10-12(14)13(4-5-16)18-8-6-17-7-9-18;;/h2-3,10,13,17H,4,6-9H2,1H3;2*1H/t13-;;/m0../s1. The highest BCUT2D eigenvalue weighted by molar-refractivity contribution is 6.30. The lowest BCUT2D eigenvalue weighted by Crippen LogP contribution is -2.45. The molecule has 118 valence electrons. The summed E-state index contributed by atoms with van der Waals surface area (Å²) in [7, 11) is 1.65. The van der Waals surface area contributed by atoms with E-state index < -0.39 is 0 Å². The van der Waals surface area contributed by atoms with Crippen LogP contribution in [-0.4, -0.2) is 38.2 Å². The second-order valence-corrected chi connectivity index (χ2v) is 4.99. The van der Waals surface area contributed by atoms with Crippen LogP contribution in [0.25, 0.3) is 0 Å². The summed E-state index contributed by atoms with van der Waals surface area (Å²) in [6.07, 6.45) is 0.441. The van der Waals surface area contributed by atoms with Gasteiger partial charge in [-0.3, -0.25) is 4.90 Å². The van der Waals surface area contributed by atoms with Gasteiger partial charge in [0.05, 0.1) is 25.6 Å². The Labute approximate surface area is 143 Å². The number of benzene rings is 1. The number of nitrogens with zero attached hydrogens (tertiary/aromatic N) is 2. The van der Waals surface area contributed by atoms with Crippen LogP contribution in [0, 0.1) is 11.3 Å². The molecule has 1 aromatic carbocycles. The van der Waals surface area contributed by atoms with Gasteiger partial charge in [0, 0.05) is 36.8 Å².